The molecule has 3 amide bonds. The summed E-state index contributed by atoms with van der Waals surface area (Å²) in [7, 11) is 0. The van der Waals surface area contributed by atoms with Gasteiger partial charge in [-0.05, 0) is 43.2 Å². The Labute approximate surface area is 147 Å². The molecule has 3 heterocycles. The summed E-state index contributed by atoms with van der Waals surface area (Å²) in [4.78, 5) is 50.4. The predicted octanol–water partition coefficient (Wildman–Crippen LogP) is 1.78. The lowest BCUT2D eigenvalue weighted by Gasteiger charge is -2.33. The zero-order chi connectivity index (χ0) is 18.0. The number of imide groups is 1. The lowest BCUT2D eigenvalue weighted by molar-refractivity contribution is -0.152. The van der Waals surface area contributed by atoms with Gasteiger partial charge in [-0.2, -0.15) is 0 Å². The second kappa shape index (κ2) is 7.14. The topological polar surface area (TPSA) is 108 Å². The van der Waals surface area contributed by atoms with Crippen LogP contribution in [0.15, 0.2) is 27.7 Å². The first-order valence-corrected chi connectivity index (χ1v) is 8.60. The number of carboxylic acids is 1. The SMILES string of the molecule is O=C(O)[C@H]1CCCCN1C(=O)CN1C(=O)S/C(=C\c2ccco2)C1=O. The lowest BCUT2D eigenvalue weighted by Crippen LogP contribution is -2.51. The first-order chi connectivity index (χ1) is 12.0. The Morgan fingerprint density at radius 1 is 1.36 bits per heavy atom. The summed E-state index contributed by atoms with van der Waals surface area (Å²) in [5, 5.41) is 8.69. The van der Waals surface area contributed by atoms with Crippen molar-refractivity contribution in [3.63, 3.8) is 0 Å². The van der Waals surface area contributed by atoms with Gasteiger partial charge in [-0.15, -0.1) is 0 Å². The zero-order valence-electron chi connectivity index (χ0n) is 13.2. The first kappa shape index (κ1) is 17.3. The Morgan fingerprint density at radius 2 is 2.16 bits per heavy atom. The average molecular weight is 364 g/mol. The number of hydrogen-bond acceptors (Lipinski definition) is 6. The number of nitrogens with zero attached hydrogens (tertiary/aromatic N) is 2. The van der Waals surface area contributed by atoms with Crippen LogP contribution < -0.4 is 0 Å². The van der Waals surface area contributed by atoms with Gasteiger partial charge >= 0.3 is 5.97 Å². The van der Waals surface area contributed by atoms with Crippen molar-refractivity contribution in [3.8, 4) is 0 Å². The Kier molecular flexibility index (Phi) is 4.93. The molecule has 0 radical (unpaired) electrons. The standard InChI is InChI=1S/C16H16N2O6S/c19-13(17-6-2-1-5-11(17)15(21)22)9-18-14(20)12(25-16(18)23)8-10-4-3-7-24-10/h3-4,7-8,11H,1-2,5-6,9H2,(H,21,22)/b12-8-/t11-/m1/s1. The summed E-state index contributed by atoms with van der Waals surface area (Å²) in [6.07, 6.45) is 4.70. The maximum atomic E-state index is 12.5. The van der Waals surface area contributed by atoms with Crippen molar-refractivity contribution < 1.29 is 28.7 Å². The van der Waals surface area contributed by atoms with Gasteiger partial charge in [0.15, 0.2) is 0 Å². The Hall–Kier alpha value is -2.55. The molecule has 2 aliphatic heterocycles. The molecule has 0 unspecified atom stereocenters. The van der Waals surface area contributed by atoms with Crippen LogP contribution in [0.2, 0.25) is 0 Å². The molecule has 1 aromatic rings. The number of thioether (sulfide) groups is 1. The normalized spacial score (nSPS) is 22.7. The molecule has 25 heavy (non-hydrogen) atoms. The fourth-order valence-electron chi connectivity index (χ4n) is 2.85. The lowest BCUT2D eigenvalue weighted by atomic mass is 10.0. The van der Waals surface area contributed by atoms with Crippen LogP contribution in [-0.4, -0.2) is 57.1 Å². The molecule has 0 bridgehead atoms. The first-order valence-electron chi connectivity index (χ1n) is 7.78. The number of rotatable bonds is 4. The second-order valence-electron chi connectivity index (χ2n) is 5.72. The van der Waals surface area contributed by atoms with Gasteiger partial charge in [-0.3, -0.25) is 19.3 Å². The van der Waals surface area contributed by atoms with Crippen LogP contribution >= 0.6 is 11.8 Å². The maximum Gasteiger partial charge on any atom is 0.326 e. The summed E-state index contributed by atoms with van der Waals surface area (Å²) in [6, 6.07) is 2.40. The number of hydrogen-bond donors (Lipinski definition) is 1. The second-order valence-corrected chi connectivity index (χ2v) is 6.71. The molecule has 2 aliphatic rings. The van der Waals surface area contributed by atoms with E-state index in [1.807, 2.05) is 0 Å². The van der Waals surface area contributed by atoms with Crippen LogP contribution in [0.1, 0.15) is 25.0 Å². The molecule has 1 aromatic heterocycles. The van der Waals surface area contributed by atoms with Gasteiger partial charge in [0.2, 0.25) is 5.91 Å². The Bertz CT molecular complexity index is 742. The highest BCUT2D eigenvalue weighted by Gasteiger charge is 2.39. The van der Waals surface area contributed by atoms with Crippen LogP contribution in [0.3, 0.4) is 0 Å². The van der Waals surface area contributed by atoms with Gasteiger partial charge < -0.3 is 14.4 Å². The summed E-state index contributed by atoms with van der Waals surface area (Å²) in [5.41, 5.74) is 0. The molecule has 0 aliphatic carbocycles. The molecule has 0 aromatic carbocycles. The van der Waals surface area contributed by atoms with Gasteiger partial charge in [0.25, 0.3) is 11.1 Å². The highest BCUT2D eigenvalue weighted by atomic mass is 32.2. The fourth-order valence-corrected chi connectivity index (χ4v) is 3.67. The van der Waals surface area contributed by atoms with E-state index in [4.69, 9.17) is 4.42 Å². The molecule has 1 N–H and O–H groups in total. The van der Waals surface area contributed by atoms with Crippen LogP contribution in [0.4, 0.5) is 4.79 Å². The third kappa shape index (κ3) is 3.60. The van der Waals surface area contributed by atoms with Gasteiger partial charge in [0, 0.05) is 12.6 Å². The van der Waals surface area contributed by atoms with E-state index in [0.29, 0.717) is 25.1 Å². The van der Waals surface area contributed by atoms with E-state index in [-0.39, 0.29) is 4.91 Å². The fraction of sp³-hybridized carbons (Fsp3) is 0.375. The minimum atomic E-state index is -1.07. The van der Waals surface area contributed by atoms with E-state index < -0.39 is 35.6 Å². The minimum Gasteiger partial charge on any atom is -0.480 e. The van der Waals surface area contributed by atoms with Gasteiger partial charge in [0.1, 0.15) is 18.3 Å². The number of piperidine rings is 1. The summed E-state index contributed by atoms with van der Waals surface area (Å²) in [5.74, 6) is -1.75. The molecule has 2 saturated heterocycles. The zero-order valence-corrected chi connectivity index (χ0v) is 14.0. The van der Waals surface area contributed by atoms with Crippen molar-refractivity contribution in [1.29, 1.82) is 0 Å². The predicted molar refractivity (Wildman–Crippen MR) is 88.4 cm³/mol. The van der Waals surface area contributed by atoms with E-state index >= 15 is 0 Å². The van der Waals surface area contributed by atoms with Gasteiger partial charge in [-0.25, -0.2) is 4.79 Å². The summed E-state index contributed by atoms with van der Waals surface area (Å²) in [6.45, 7) is -0.141. The highest BCUT2D eigenvalue weighted by Crippen LogP contribution is 2.32. The third-order valence-corrected chi connectivity index (χ3v) is 5.00. The van der Waals surface area contributed by atoms with Crippen LogP contribution in [0.5, 0.6) is 0 Å². The monoisotopic (exact) mass is 364 g/mol. The van der Waals surface area contributed by atoms with E-state index in [0.717, 1.165) is 23.1 Å². The van der Waals surface area contributed by atoms with Crippen molar-refractivity contribution in [1.82, 2.24) is 9.80 Å². The molecule has 9 heteroatoms. The van der Waals surface area contributed by atoms with E-state index in [9.17, 15) is 24.3 Å². The van der Waals surface area contributed by atoms with Crippen molar-refractivity contribution in [3.05, 3.63) is 29.1 Å². The number of carbonyl (C=O) groups is 4. The Balaban J connectivity index is 1.71. The number of carbonyl (C=O) groups excluding carboxylic acids is 3. The quantitative estimate of drug-likeness (QED) is 0.811. The van der Waals surface area contributed by atoms with E-state index in [2.05, 4.69) is 0 Å². The highest BCUT2D eigenvalue weighted by molar-refractivity contribution is 8.18. The van der Waals surface area contributed by atoms with Crippen LogP contribution in [0.25, 0.3) is 6.08 Å². The molecule has 3 rings (SSSR count). The molecule has 0 saturated carbocycles. The number of likely N-dealkylation sites (tertiary alicyclic amines) is 1. The van der Waals surface area contributed by atoms with Gasteiger partial charge in [0.05, 0.1) is 11.2 Å². The molecular formula is C16H16N2O6S. The number of carboxylic acid groups (broad SMARTS) is 1. The number of furan rings is 1. The largest absolute Gasteiger partial charge is 0.480 e. The maximum absolute atomic E-state index is 12.5. The number of amides is 3. The Morgan fingerprint density at radius 3 is 2.84 bits per heavy atom. The average Bonchev–Trinajstić information content (AvgIpc) is 3.19. The third-order valence-electron chi connectivity index (χ3n) is 4.09. The molecule has 0 spiro atoms. The van der Waals surface area contributed by atoms with E-state index in [1.54, 1.807) is 12.1 Å². The van der Waals surface area contributed by atoms with Crippen molar-refractivity contribution in [2.45, 2.75) is 25.3 Å². The van der Waals surface area contributed by atoms with Crippen molar-refractivity contribution in [2.75, 3.05) is 13.1 Å². The van der Waals surface area contributed by atoms with Crippen molar-refractivity contribution in [2.24, 2.45) is 0 Å². The molecule has 2 fully saturated rings. The summed E-state index contributed by atoms with van der Waals surface area (Å²) >= 11 is 0.727. The van der Waals surface area contributed by atoms with Crippen molar-refractivity contribution >= 4 is 40.9 Å². The van der Waals surface area contributed by atoms with Gasteiger partial charge in [-0.1, -0.05) is 0 Å². The van der Waals surface area contributed by atoms with E-state index in [1.165, 1.54) is 17.2 Å². The summed E-state index contributed by atoms with van der Waals surface area (Å²) < 4.78 is 5.12. The number of aliphatic carboxylic acids is 1. The smallest absolute Gasteiger partial charge is 0.326 e. The molecular weight excluding hydrogens is 348 g/mol. The van der Waals surface area contributed by atoms with Crippen LogP contribution in [0, 0.1) is 0 Å². The molecule has 8 nitrogen and oxygen atoms in total. The van der Waals surface area contributed by atoms with Crippen LogP contribution in [-0.2, 0) is 14.4 Å². The molecule has 1 atom stereocenters. The minimum absolute atomic E-state index is 0.168. The molecule has 132 valence electrons.